The van der Waals surface area contributed by atoms with Gasteiger partial charge in [0.25, 0.3) is 0 Å². The van der Waals surface area contributed by atoms with Crippen LogP contribution in [0.4, 0.5) is 5.69 Å². The number of nitrogens with two attached hydrogens (primary N) is 1. The van der Waals surface area contributed by atoms with Crippen LogP contribution in [0.15, 0.2) is 48.5 Å². The second kappa shape index (κ2) is 5.25. The quantitative estimate of drug-likeness (QED) is 0.893. The van der Waals surface area contributed by atoms with Crippen LogP contribution in [0.1, 0.15) is 15.9 Å². The minimum absolute atomic E-state index is 0.115. The van der Waals surface area contributed by atoms with Gasteiger partial charge in [-0.1, -0.05) is 24.3 Å². The Morgan fingerprint density at radius 3 is 2.90 bits per heavy atom. The van der Waals surface area contributed by atoms with Gasteiger partial charge in [0.2, 0.25) is 5.91 Å². The molecule has 4 nitrogen and oxygen atoms in total. The first-order valence-corrected chi connectivity index (χ1v) is 6.60. The molecule has 4 heteroatoms. The maximum absolute atomic E-state index is 11.1. The summed E-state index contributed by atoms with van der Waals surface area (Å²) >= 11 is 0. The SMILES string of the molecule is NC(=O)c1cccc(NCC2Cc3ccccc3O2)c1. The van der Waals surface area contributed by atoms with Gasteiger partial charge < -0.3 is 15.8 Å². The third-order valence-corrected chi connectivity index (χ3v) is 3.39. The van der Waals surface area contributed by atoms with Crippen LogP contribution in [0.5, 0.6) is 5.75 Å². The number of hydrogen-bond donors (Lipinski definition) is 2. The van der Waals surface area contributed by atoms with E-state index in [9.17, 15) is 4.79 Å². The smallest absolute Gasteiger partial charge is 0.248 e. The fourth-order valence-corrected chi connectivity index (χ4v) is 2.38. The summed E-state index contributed by atoms with van der Waals surface area (Å²) in [6, 6.07) is 15.3. The predicted octanol–water partition coefficient (Wildman–Crippen LogP) is 2.20. The topological polar surface area (TPSA) is 64.4 Å². The van der Waals surface area contributed by atoms with Crippen molar-refractivity contribution in [2.24, 2.45) is 5.73 Å². The van der Waals surface area contributed by atoms with Crippen LogP contribution in [0.2, 0.25) is 0 Å². The van der Waals surface area contributed by atoms with Gasteiger partial charge in [0.1, 0.15) is 11.9 Å². The van der Waals surface area contributed by atoms with Gasteiger partial charge in [0.15, 0.2) is 0 Å². The molecule has 0 spiro atoms. The van der Waals surface area contributed by atoms with E-state index < -0.39 is 5.91 Å². The predicted molar refractivity (Wildman–Crippen MR) is 78.0 cm³/mol. The molecule has 3 N–H and O–H groups in total. The second-order valence-corrected chi connectivity index (χ2v) is 4.88. The number of ether oxygens (including phenoxy) is 1. The first-order chi connectivity index (χ1) is 9.72. The molecule has 1 aliphatic heterocycles. The van der Waals surface area contributed by atoms with E-state index in [0.29, 0.717) is 12.1 Å². The number of benzene rings is 2. The Hall–Kier alpha value is -2.49. The monoisotopic (exact) mass is 268 g/mol. The average Bonchev–Trinajstić information content (AvgIpc) is 2.88. The highest BCUT2D eigenvalue weighted by Gasteiger charge is 2.21. The van der Waals surface area contributed by atoms with Gasteiger partial charge in [-0.05, 0) is 29.8 Å². The van der Waals surface area contributed by atoms with Crippen LogP contribution < -0.4 is 15.8 Å². The molecule has 0 bridgehead atoms. The Bertz CT molecular complexity index is 615. The van der Waals surface area contributed by atoms with Crippen molar-refractivity contribution < 1.29 is 9.53 Å². The molecule has 0 aliphatic carbocycles. The van der Waals surface area contributed by atoms with E-state index in [-0.39, 0.29) is 6.10 Å². The molecule has 1 atom stereocenters. The van der Waals surface area contributed by atoms with Crippen LogP contribution in [0.3, 0.4) is 0 Å². The largest absolute Gasteiger partial charge is 0.488 e. The van der Waals surface area contributed by atoms with Crippen LogP contribution in [-0.2, 0) is 6.42 Å². The summed E-state index contributed by atoms with van der Waals surface area (Å²) in [5.41, 5.74) is 7.89. The van der Waals surface area contributed by atoms with E-state index in [4.69, 9.17) is 10.5 Å². The fraction of sp³-hybridized carbons (Fsp3) is 0.188. The number of carbonyl (C=O) groups excluding carboxylic acids is 1. The van der Waals surface area contributed by atoms with Gasteiger partial charge in [-0.3, -0.25) is 4.79 Å². The van der Waals surface area contributed by atoms with Gasteiger partial charge in [0, 0.05) is 17.7 Å². The number of anilines is 1. The molecule has 0 saturated heterocycles. The van der Waals surface area contributed by atoms with Crippen molar-refractivity contribution in [1.29, 1.82) is 0 Å². The van der Waals surface area contributed by atoms with Crippen molar-refractivity contribution in [3.63, 3.8) is 0 Å². The maximum Gasteiger partial charge on any atom is 0.248 e. The first-order valence-electron chi connectivity index (χ1n) is 6.60. The average molecular weight is 268 g/mol. The molecular formula is C16H16N2O2. The first kappa shape index (κ1) is 12.5. The third-order valence-electron chi connectivity index (χ3n) is 3.39. The molecular weight excluding hydrogens is 252 g/mol. The molecule has 3 rings (SSSR count). The number of fused-ring (bicyclic) bond motifs is 1. The Labute approximate surface area is 117 Å². The van der Waals surface area contributed by atoms with E-state index in [2.05, 4.69) is 11.4 Å². The summed E-state index contributed by atoms with van der Waals surface area (Å²) < 4.78 is 5.85. The summed E-state index contributed by atoms with van der Waals surface area (Å²) in [7, 11) is 0. The lowest BCUT2D eigenvalue weighted by molar-refractivity contribution is 0.100. The van der Waals surface area contributed by atoms with Crippen molar-refractivity contribution in [2.45, 2.75) is 12.5 Å². The molecule has 0 fully saturated rings. The maximum atomic E-state index is 11.1. The number of hydrogen-bond acceptors (Lipinski definition) is 3. The van der Waals surface area contributed by atoms with Crippen molar-refractivity contribution in [1.82, 2.24) is 0 Å². The van der Waals surface area contributed by atoms with Crippen molar-refractivity contribution in [3.8, 4) is 5.75 Å². The van der Waals surface area contributed by atoms with Gasteiger partial charge in [0.05, 0.1) is 6.54 Å². The van der Waals surface area contributed by atoms with Gasteiger partial charge in [-0.2, -0.15) is 0 Å². The summed E-state index contributed by atoms with van der Waals surface area (Å²) in [4.78, 5) is 11.1. The van der Waals surface area contributed by atoms with Gasteiger partial charge in [-0.15, -0.1) is 0 Å². The minimum Gasteiger partial charge on any atom is -0.488 e. The highest BCUT2D eigenvalue weighted by molar-refractivity contribution is 5.93. The number of rotatable bonds is 4. The zero-order valence-corrected chi connectivity index (χ0v) is 11.0. The van der Waals surface area contributed by atoms with E-state index in [1.165, 1.54) is 5.56 Å². The molecule has 0 aromatic heterocycles. The normalized spacial score (nSPS) is 16.3. The zero-order chi connectivity index (χ0) is 13.9. The Balaban J connectivity index is 1.61. The Kier molecular flexibility index (Phi) is 3.29. The van der Waals surface area contributed by atoms with Gasteiger partial charge >= 0.3 is 0 Å². The number of para-hydroxylation sites is 1. The standard InChI is InChI=1S/C16H16N2O2/c17-16(19)12-5-3-6-13(8-12)18-10-14-9-11-4-1-2-7-15(11)20-14/h1-8,14,18H,9-10H2,(H2,17,19). The molecule has 1 heterocycles. The minimum atomic E-state index is -0.418. The van der Waals surface area contributed by atoms with Crippen molar-refractivity contribution >= 4 is 11.6 Å². The summed E-state index contributed by atoms with van der Waals surface area (Å²) in [6.07, 6.45) is 1.02. The zero-order valence-electron chi connectivity index (χ0n) is 11.0. The lowest BCUT2D eigenvalue weighted by Crippen LogP contribution is -2.24. The molecule has 0 radical (unpaired) electrons. The highest BCUT2D eigenvalue weighted by atomic mass is 16.5. The van der Waals surface area contributed by atoms with E-state index in [1.807, 2.05) is 30.3 Å². The van der Waals surface area contributed by atoms with Gasteiger partial charge in [-0.25, -0.2) is 0 Å². The fourth-order valence-electron chi connectivity index (χ4n) is 2.38. The molecule has 1 unspecified atom stereocenters. The van der Waals surface area contributed by atoms with E-state index >= 15 is 0 Å². The van der Waals surface area contributed by atoms with Crippen molar-refractivity contribution in [2.75, 3.05) is 11.9 Å². The van der Waals surface area contributed by atoms with Crippen LogP contribution in [0, 0.1) is 0 Å². The third kappa shape index (κ3) is 2.59. The Morgan fingerprint density at radius 2 is 2.10 bits per heavy atom. The lowest BCUT2D eigenvalue weighted by atomic mass is 10.1. The molecule has 20 heavy (non-hydrogen) atoms. The van der Waals surface area contributed by atoms with Crippen LogP contribution in [0.25, 0.3) is 0 Å². The van der Waals surface area contributed by atoms with Crippen LogP contribution in [-0.4, -0.2) is 18.6 Å². The molecule has 1 amide bonds. The second-order valence-electron chi connectivity index (χ2n) is 4.88. The molecule has 0 saturated carbocycles. The molecule has 102 valence electrons. The highest BCUT2D eigenvalue weighted by Crippen LogP contribution is 2.28. The van der Waals surface area contributed by atoms with E-state index in [1.54, 1.807) is 12.1 Å². The summed E-state index contributed by atoms with van der Waals surface area (Å²) in [5, 5.41) is 3.28. The summed E-state index contributed by atoms with van der Waals surface area (Å²) in [6.45, 7) is 0.691. The van der Waals surface area contributed by atoms with Crippen molar-refractivity contribution in [3.05, 3.63) is 59.7 Å². The van der Waals surface area contributed by atoms with E-state index in [0.717, 1.165) is 17.9 Å². The molecule has 1 aliphatic rings. The molecule has 2 aromatic rings. The van der Waals surface area contributed by atoms with Crippen LogP contribution >= 0.6 is 0 Å². The number of primary amides is 1. The number of nitrogens with one attached hydrogen (secondary N) is 1. The molecule has 2 aromatic carbocycles. The Morgan fingerprint density at radius 1 is 1.25 bits per heavy atom. The number of carbonyl (C=O) groups is 1. The number of amides is 1. The summed E-state index contributed by atoms with van der Waals surface area (Å²) in [5.74, 6) is 0.545. The lowest BCUT2D eigenvalue weighted by Gasteiger charge is -2.13.